The van der Waals surface area contributed by atoms with Crippen LogP contribution >= 0.6 is 27.3 Å². The quantitative estimate of drug-likeness (QED) is 0.909. The molecule has 0 saturated carbocycles. The molecule has 0 radical (unpaired) electrons. The summed E-state index contributed by atoms with van der Waals surface area (Å²) < 4.78 is 3.56. The maximum atomic E-state index is 4.40. The highest BCUT2D eigenvalue weighted by Gasteiger charge is 2.31. The number of piperidine rings is 1. The monoisotopic (exact) mass is 353 g/mol. The van der Waals surface area contributed by atoms with Crippen molar-refractivity contribution in [3.63, 3.8) is 0 Å². The molecule has 2 aromatic rings. The molecule has 0 bridgehead atoms. The van der Waals surface area contributed by atoms with Gasteiger partial charge in [0, 0.05) is 28.7 Å². The summed E-state index contributed by atoms with van der Waals surface area (Å²) in [7, 11) is 0. The smallest absolute Gasteiger partial charge is 0.0948 e. The van der Waals surface area contributed by atoms with E-state index in [1.165, 1.54) is 27.2 Å². The van der Waals surface area contributed by atoms with Gasteiger partial charge < -0.3 is 9.88 Å². The molecule has 20 heavy (non-hydrogen) atoms. The van der Waals surface area contributed by atoms with Gasteiger partial charge >= 0.3 is 0 Å². The summed E-state index contributed by atoms with van der Waals surface area (Å²) in [5, 5.41) is 3.45. The molecule has 1 aliphatic heterocycles. The zero-order valence-electron chi connectivity index (χ0n) is 11.7. The van der Waals surface area contributed by atoms with Crippen LogP contribution in [0.5, 0.6) is 0 Å². The minimum atomic E-state index is 0.276. The molecule has 0 spiro atoms. The molecule has 3 rings (SSSR count). The maximum Gasteiger partial charge on any atom is 0.0948 e. The molecule has 0 amide bonds. The minimum absolute atomic E-state index is 0.276. The number of hydrogen-bond acceptors (Lipinski definition) is 3. The number of imidazole rings is 1. The highest BCUT2D eigenvalue weighted by molar-refractivity contribution is 9.11. The molecule has 3 heterocycles. The predicted molar refractivity (Wildman–Crippen MR) is 87.4 cm³/mol. The summed E-state index contributed by atoms with van der Waals surface area (Å²) in [5.41, 5.74) is 1.67. The van der Waals surface area contributed by atoms with Crippen LogP contribution in [-0.2, 0) is 18.4 Å². The molecule has 5 heteroatoms. The number of aryl methyl sites for hydroxylation is 2. The van der Waals surface area contributed by atoms with Gasteiger partial charge in [0.15, 0.2) is 0 Å². The Hall–Kier alpha value is -0.650. The molecule has 0 atom stereocenters. The predicted octanol–water partition coefficient (Wildman–Crippen LogP) is 3.59. The van der Waals surface area contributed by atoms with E-state index in [9.17, 15) is 0 Å². The lowest BCUT2D eigenvalue weighted by atomic mass is 9.78. The lowest BCUT2D eigenvalue weighted by molar-refractivity contribution is 0.317. The first-order valence-electron chi connectivity index (χ1n) is 7.13. The standard InChI is InChI=1S/C15H20BrN3S/c1-15(5-7-17-8-6-15)13-10-18-11-19(13)9-4-12-2-3-14(16)20-12/h2-3,10-11,17H,4-9H2,1H3. The van der Waals surface area contributed by atoms with E-state index in [0.717, 1.165) is 26.1 Å². The number of aromatic nitrogens is 2. The summed E-state index contributed by atoms with van der Waals surface area (Å²) in [6.45, 7) is 5.62. The third-order valence-corrected chi connectivity index (χ3v) is 5.95. The number of thiophene rings is 1. The van der Waals surface area contributed by atoms with Gasteiger partial charge in [0.1, 0.15) is 0 Å². The molecule has 0 unspecified atom stereocenters. The van der Waals surface area contributed by atoms with Crippen LogP contribution in [0.4, 0.5) is 0 Å². The highest BCUT2D eigenvalue weighted by atomic mass is 79.9. The zero-order chi connectivity index (χ0) is 14.0. The van der Waals surface area contributed by atoms with Gasteiger partial charge in [-0.3, -0.25) is 0 Å². The fourth-order valence-electron chi connectivity index (χ4n) is 2.95. The van der Waals surface area contributed by atoms with E-state index in [2.05, 4.69) is 56.1 Å². The van der Waals surface area contributed by atoms with E-state index >= 15 is 0 Å². The van der Waals surface area contributed by atoms with Crippen LogP contribution in [0, 0.1) is 0 Å². The van der Waals surface area contributed by atoms with E-state index < -0.39 is 0 Å². The van der Waals surface area contributed by atoms with Crippen LogP contribution < -0.4 is 5.32 Å². The fourth-order valence-corrected chi connectivity index (χ4v) is 4.42. The Morgan fingerprint density at radius 2 is 2.20 bits per heavy atom. The normalized spacial score (nSPS) is 18.3. The first-order valence-corrected chi connectivity index (χ1v) is 8.74. The molecule has 108 valence electrons. The van der Waals surface area contributed by atoms with E-state index in [1.54, 1.807) is 0 Å². The number of rotatable bonds is 4. The van der Waals surface area contributed by atoms with E-state index in [1.807, 2.05) is 17.7 Å². The van der Waals surface area contributed by atoms with Crippen molar-refractivity contribution in [1.82, 2.24) is 14.9 Å². The molecule has 3 nitrogen and oxygen atoms in total. The maximum absolute atomic E-state index is 4.40. The first-order chi connectivity index (χ1) is 9.67. The zero-order valence-corrected chi connectivity index (χ0v) is 14.1. The van der Waals surface area contributed by atoms with Crippen LogP contribution in [0.1, 0.15) is 30.3 Å². The van der Waals surface area contributed by atoms with Gasteiger partial charge in [-0.25, -0.2) is 4.98 Å². The van der Waals surface area contributed by atoms with Gasteiger partial charge in [0.2, 0.25) is 0 Å². The van der Waals surface area contributed by atoms with E-state index in [-0.39, 0.29) is 5.41 Å². The van der Waals surface area contributed by atoms with Gasteiger partial charge in [-0.2, -0.15) is 0 Å². The molecule has 2 aromatic heterocycles. The van der Waals surface area contributed by atoms with Gasteiger partial charge in [0.25, 0.3) is 0 Å². The van der Waals surface area contributed by atoms with E-state index in [4.69, 9.17) is 0 Å². The van der Waals surface area contributed by atoms with E-state index in [0.29, 0.717) is 0 Å². The summed E-state index contributed by atoms with van der Waals surface area (Å²) in [6, 6.07) is 4.33. The van der Waals surface area contributed by atoms with Crippen molar-refractivity contribution in [2.45, 2.75) is 38.1 Å². The average Bonchev–Trinajstić information content (AvgIpc) is 3.06. The number of nitrogens with one attached hydrogen (secondary N) is 1. The summed E-state index contributed by atoms with van der Waals surface area (Å²) in [5.74, 6) is 0. The second kappa shape index (κ2) is 6.00. The van der Waals surface area contributed by atoms with Crippen molar-refractivity contribution in [3.05, 3.63) is 39.0 Å². The van der Waals surface area contributed by atoms with Gasteiger partial charge in [0.05, 0.1) is 10.1 Å². The molecular formula is C15H20BrN3S. The topological polar surface area (TPSA) is 29.9 Å². The number of nitrogens with zero attached hydrogens (tertiary/aromatic N) is 2. The van der Waals surface area contributed by atoms with Crippen LogP contribution in [0.3, 0.4) is 0 Å². The number of hydrogen-bond donors (Lipinski definition) is 1. The second-order valence-electron chi connectivity index (χ2n) is 5.74. The third kappa shape index (κ3) is 3.00. The minimum Gasteiger partial charge on any atom is -0.334 e. The van der Waals surface area contributed by atoms with Crippen molar-refractivity contribution in [2.24, 2.45) is 0 Å². The van der Waals surface area contributed by atoms with Crippen LogP contribution in [0.25, 0.3) is 0 Å². The molecule has 1 fully saturated rings. The Labute approximate surface area is 132 Å². The fraction of sp³-hybridized carbons (Fsp3) is 0.533. The van der Waals surface area contributed by atoms with Crippen LogP contribution in [-0.4, -0.2) is 22.6 Å². The summed E-state index contributed by atoms with van der Waals surface area (Å²) in [4.78, 5) is 5.82. The van der Waals surface area contributed by atoms with Crippen LogP contribution in [0.2, 0.25) is 0 Å². The van der Waals surface area contributed by atoms with Gasteiger partial charge in [-0.05, 0) is 60.4 Å². The molecule has 0 aliphatic carbocycles. The molecule has 1 aliphatic rings. The Bertz CT molecular complexity index is 569. The molecule has 1 N–H and O–H groups in total. The Kier molecular flexibility index (Phi) is 4.29. The molecular weight excluding hydrogens is 334 g/mol. The van der Waals surface area contributed by atoms with Crippen molar-refractivity contribution in [3.8, 4) is 0 Å². The molecule has 1 saturated heterocycles. The van der Waals surface area contributed by atoms with Crippen molar-refractivity contribution >= 4 is 27.3 Å². The summed E-state index contributed by atoms with van der Waals surface area (Å²) in [6.07, 6.45) is 7.53. The van der Waals surface area contributed by atoms with Crippen molar-refractivity contribution < 1.29 is 0 Å². The van der Waals surface area contributed by atoms with Crippen LogP contribution in [0.15, 0.2) is 28.4 Å². The average molecular weight is 354 g/mol. The Morgan fingerprint density at radius 3 is 2.90 bits per heavy atom. The second-order valence-corrected chi connectivity index (χ2v) is 8.29. The SMILES string of the molecule is CC1(c2cncn2CCc2ccc(Br)s2)CCNCC1. The Balaban J connectivity index is 1.73. The molecule has 0 aromatic carbocycles. The summed E-state index contributed by atoms with van der Waals surface area (Å²) >= 11 is 5.35. The van der Waals surface area contributed by atoms with Crippen molar-refractivity contribution in [1.29, 1.82) is 0 Å². The largest absolute Gasteiger partial charge is 0.334 e. The third-order valence-electron chi connectivity index (χ3n) is 4.27. The lowest BCUT2D eigenvalue weighted by Gasteiger charge is -2.34. The first kappa shape index (κ1) is 14.3. The van der Waals surface area contributed by atoms with Crippen molar-refractivity contribution in [2.75, 3.05) is 13.1 Å². The van der Waals surface area contributed by atoms with Gasteiger partial charge in [-0.15, -0.1) is 11.3 Å². The highest BCUT2D eigenvalue weighted by Crippen LogP contribution is 2.33. The lowest BCUT2D eigenvalue weighted by Crippen LogP contribution is -2.39. The van der Waals surface area contributed by atoms with Gasteiger partial charge in [-0.1, -0.05) is 6.92 Å². The number of halogens is 1. The Morgan fingerprint density at radius 1 is 1.40 bits per heavy atom.